The van der Waals surface area contributed by atoms with Gasteiger partial charge in [0.1, 0.15) is 0 Å². The van der Waals surface area contributed by atoms with Crippen molar-refractivity contribution in [1.29, 1.82) is 0 Å². The molecule has 2 aliphatic rings. The number of fused-ring (bicyclic) bond motifs is 1. The fourth-order valence-corrected chi connectivity index (χ4v) is 5.45. The Morgan fingerprint density at radius 3 is 2.76 bits per heavy atom. The van der Waals surface area contributed by atoms with Crippen molar-refractivity contribution in [2.24, 2.45) is 17.8 Å². The number of rotatable bonds is 13. The number of aliphatic hydroxyl groups is 2. The van der Waals surface area contributed by atoms with Crippen molar-refractivity contribution in [2.75, 3.05) is 0 Å². The second-order valence-corrected chi connectivity index (χ2v) is 10.4. The zero-order valence-electron chi connectivity index (χ0n) is 20.5. The van der Waals surface area contributed by atoms with Crippen LogP contribution in [0, 0.1) is 17.8 Å². The number of nitrogens with one attached hydrogen (secondary N) is 1. The third kappa shape index (κ3) is 8.12. The molecule has 4 heteroatoms. The lowest BCUT2D eigenvalue weighted by atomic mass is 9.87. The molecule has 182 valence electrons. The summed E-state index contributed by atoms with van der Waals surface area (Å²) in [7, 11) is 0. The summed E-state index contributed by atoms with van der Waals surface area (Å²) in [4.78, 5) is 12.1. The molecule has 1 aromatic carbocycles. The zero-order valence-corrected chi connectivity index (χ0v) is 20.5. The van der Waals surface area contributed by atoms with Gasteiger partial charge in [-0.2, -0.15) is 0 Å². The number of hydrogen-bond acceptors (Lipinski definition) is 3. The highest BCUT2D eigenvalue weighted by Gasteiger charge is 2.43. The van der Waals surface area contributed by atoms with Gasteiger partial charge in [0.05, 0.1) is 11.7 Å². The van der Waals surface area contributed by atoms with E-state index in [1.807, 2.05) is 37.3 Å². The van der Waals surface area contributed by atoms with Crippen LogP contribution >= 0.6 is 0 Å². The molecule has 3 rings (SSSR count). The topological polar surface area (TPSA) is 69.6 Å². The van der Waals surface area contributed by atoms with E-state index in [1.54, 1.807) is 0 Å². The van der Waals surface area contributed by atoms with Crippen LogP contribution in [0.3, 0.4) is 0 Å². The molecule has 0 heterocycles. The van der Waals surface area contributed by atoms with E-state index in [0.717, 1.165) is 56.9 Å². The molecule has 5 atom stereocenters. The molecule has 0 spiro atoms. The van der Waals surface area contributed by atoms with Crippen LogP contribution in [0.1, 0.15) is 83.6 Å². The molecule has 1 saturated carbocycles. The van der Waals surface area contributed by atoms with Gasteiger partial charge in [0.25, 0.3) is 0 Å². The van der Waals surface area contributed by atoms with Gasteiger partial charge in [-0.1, -0.05) is 73.9 Å². The SMILES string of the molecule is CCCC[C@](C)(O)CC=C[C@@H]1[C@H]2CC(CCCCC(=O)NCc3ccccc3)=C[C@H]2C[C@H]1O. The van der Waals surface area contributed by atoms with Gasteiger partial charge in [-0.05, 0) is 69.3 Å². The Labute approximate surface area is 200 Å². The summed E-state index contributed by atoms with van der Waals surface area (Å²) in [6.45, 7) is 4.66. The monoisotopic (exact) mass is 453 g/mol. The first kappa shape index (κ1) is 25.7. The predicted octanol–water partition coefficient (Wildman–Crippen LogP) is 5.69. The standard InChI is InChI=1S/C29H43NO3/c1-3-4-16-29(2,33)17-10-14-25-26-19-23(18-24(26)20-27(25)31)13-8-9-15-28(32)30-21-22-11-6-5-7-12-22/h5-7,10-12,14,18,24-27,31,33H,3-4,8-9,13,15-17,19-21H2,1-2H3,(H,30,32)/t24-,25+,26-,27+,29-/m0/s1. The van der Waals surface area contributed by atoms with Gasteiger partial charge in [0.15, 0.2) is 0 Å². The van der Waals surface area contributed by atoms with Gasteiger partial charge in [0, 0.05) is 18.9 Å². The van der Waals surface area contributed by atoms with Crippen molar-refractivity contribution < 1.29 is 15.0 Å². The van der Waals surface area contributed by atoms with Gasteiger partial charge < -0.3 is 15.5 Å². The maximum atomic E-state index is 12.1. The van der Waals surface area contributed by atoms with E-state index in [0.29, 0.717) is 31.2 Å². The summed E-state index contributed by atoms with van der Waals surface area (Å²) in [5.41, 5.74) is 1.97. The van der Waals surface area contributed by atoms with E-state index < -0.39 is 5.60 Å². The van der Waals surface area contributed by atoms with E-state index in [4.69, 9.17) is 0 Å². The lowest BCUT2D eigenvalue weighted by molar-refractivity contribution is -0.121. The van der Waals surface area contributed by atoms with Crippen molar-refractivity contribution in [1.82, 2.24) is 5.32 Å². The average molecular weight is 454 g/mol. The van der Waals surface area contributed by atoms with Crippen LogP contribution in [-0.2, 0) is 11.3 Å². The molecule has 2 aliphatic carbocycles. The first-order valence-electron chi connectivity index (χ1n) is 13.0. The molecule has 1 aromatic rings. The van der Waals surface area contributed by atoms with Crippen molar-refractivity contribution >= 4 is 5.91 Å². The van der Waals surface area contributed by atoms with Crippen molar-refractivity contribution in [3.05, 3.63) is 59.7 Å². The first-order valence-corrected chi connectivity index (χ1v) is 13.0. The molecule has 0 saturated heterocycles. The minimum Gasteiger partial charge on any atom is -0.392 e. The quantitative estimate of drug-likeness (QED) is 0.265. The van der Waals surface area contributed by atoms with E-state index >= 15 is 0 Å². The van der Waals surface area contributed by atoms with Crippen molar-refractivity contribution in [3.8, 4) is 0 Å². The lowest BCUT2D eigenvalue weighted by Gasteiger charge is -2.22. The number of benzene rings is 1. The summed E-state index contributed by atoms with van der Waals surface area (Å²) in [6.07, 6.45) is 15.5. The Balaban J connectivity index is 1.36. The van der Waals surface area contributed by atoms with Gasteiger partial charge in [-0.3, -0.25) is 4.79 Å². The minimum absolute atomic E-state index is 0.124. The van der Waals surface area contributed by atoms with Gasteiger partial charge in [-0.25, -0.2) is 0 Å². The fourth-order valence-electron chi connectivity index (χ4n) is 5.45. The molecule has 3 N–H and O–H groups in total. The average Bonchev–Trinajstić information content (AvgIpc) is 3.31. The summed E-state index contributed by atoms with van der Waals surface area (Å²) in [5, 5.41) is 24.1. The van der Waals surface area contributed by atoms with Crippen molar-refractivity contribution in [2.45, 2.75) is 96.3 Å². The van der Waals surface area contributed by atoms with Crippen LogP contribution in [0.5, 0.6) is 0 Å². The van der Waals surface area contributed by atoms with Crippen LogP contribution in [0.15, 0.2) is 54.1 Å². The number of aliphatic hydroxyl groups excluding tert-OH is 1. The highest BCUT2D eigenvalue weighted by atomic mass is 16.3. The number of carbonyl (C=O) groups is 1. The number of carbonyl (C=O) groups excluding carboxylic acids is 1. The van der Waals surface area contributed by atoms with Gasteiger partial charge in [0.2, 0.25) is 5.91 Å². The van der Waals surface area contributed by atoms with Crippen LogP contribution in [0.25, 0.3) is 0 Å². The fraction of sp³-hybridized carbons (Fsp3) is 0.621. The number of unbranched alkanes of at least 4 members (excludes halogenated alkanes) is 2. The Kier molecular flexibility index (Phi) is 9.76. The molecular weight excluding hydrogens is 410 g/mol. The Bertz CT molecular complexity index is 798. The zero-order chi connectivity index (χ0) is 23.7. The van der Waals surface area contributed by atoms with E-state index in [2.05, 4.69) is 30.5 Å². The number of amides is 1. The summed E-state index contributed by atoms with van der Waals surface area (Å²) in [6, 6.07) is 10.0. The predicted molar refractivity (Wildman–Crippen MR) is 134 cm³/mol. The highest BCUT2D eigenvalue weighted by molar-refractivity contribution is 5.75. The maximum absolute atomic E-state index is 12.1. The van der Waals surface area contributed by atoms with E-state index in [1.165, 1.54) is 5.57 Å². The molecule has 4 nitrogen and oxygen atoms in total. The molecular formula is C29H43NO3. The second-order valence-electron chi connectivity index (χ2n) is 10.4. The van der Waals surface area contributed by atoms with E-state index in [-0.39, 0.29) is 17.9 Å². The molecule has 1 amide bonds. The van der Waals surface area contributed by atoms with Crippen LogP contribution in [0.4, 0.5) is 0 Å². The number of hydrogen-bond donors (Lipinski definition) is 3. The van der Waals surface area contributed by atoms with Crippen LogP contribution in [0.2, 0.25) is 0 Å². The van der Waals surface area contributed by atoms with Crippen LogP contribution in [-0.4, -0.2) is 27.8 Å². The maximum Gasteiger partial charge on any atom is 0.220 e. The Hall–Kier alpha value is -1.91. The molecule has 0 unspecified atom stereocenters. The summed E-state index contributed by atoms with van der Waals surface area (Å²) >= 11 is 0. The smallest absolute Gasteiger partial charge is 0.220 e. The highest BCUT2D eigenvalue weighted by Crippen LogP contribution is 2.48. The summed E-state index contributed by atoms with van der Waals surface area (Å²) in [5.74, 6) is 1.27. The minimum atomic E-state index is -0.651. The number of allylic oxidation sites excluding steroid dienone is 2. The molecule has 0 bridgehead atoms. The first-order chi connectivity index (χ1) is 15.9. The molecule has 33 heavy (non-hydrogen) atoms. The third-order valence-electron chi connectivity index (χ3n) is 7.42. The van der Waals surface area contributed by atoms with Crippen molar-refractivity contribution in [3.63, 3.8) is 0 Å². The molecule has 0 aliphatic heterocycles. The van der Waals surface area contributed by atoms with E-state index in [9.17, 15) is 15.0 Å². The third-order valence-corrected chi connectivity index (χ3v) is 7.42. The summed E-state index contributed by atoms with van der Waals surface area (Å²) < 4.78 is 0. The Morgan fingerprint density at radius 2 is 2.00 bits per heavy atom. The lowest BCUT2D eigenvalue weighted by Crippen LogP contribution is -2.23. The molecule has 0 radical (unpaired) electrons. The van der Waals surface area contributed by atoms with Gasteiger partial charge >= 0.3 is 0 Å². The Morgan fingerprint density at radius 1 is 1.21 bits per heavy atom. The van der Waals surface area contributed by atoms with Crippen LogP contribution < -0.4 is 5.32 Å². The molecule has 1 fully saturated rings. The normalized spacial score (nSPS) is 26.2. The molecule has 0 aromatic heterocycles. The van der Waals surface area contributed by atoms with Gasteiger partial charge in [-0.15, -0.1) is 0 Å². The second kappa shape index (κ2) is 12.5. The largest absolute Gasteiger partial charge is 0.392 e.